The van der Waals surface area contributed by atoms with Crippen LogP contribution in [0.15, 0.2) is 22.7 Å². The Morgan fingerprint density at radius 3 is 2.70 bits per heavy atom. The molecule has 2 rings (SSSR count). The lowest BCUT2D eigenvalue weighted by molar-refractivity contribution is 0.245. The SMILES string of the molecule is Cc1ccc(NC(=O)N[C@H](C)c2nc(C(C)C)no2)cc1C#N. The Labute approximate surface area is 134 Å². The zero-order valence-corrected chi connectivity index (χ0v) is 13.5. The topological polar surface area (TPSA) is 104 Å². The summed E-state index contributed by atoms with van der Waals surface area (Å²) in [5.41, 5.74) is 1.93. The third-order valence-electron chi connectivity index (χ3n) is 3.31. The second kappa shape index (κ2) is 6.92. The van der Waals surface area contributed by atoms with Crippen LogP contribution in [-0.2, 0) is 0 Å². The van der Waals surface area contributed by atoms with Gasteiger partial charge in [-0.05, 0) is 31.5 Å². The van der Waals surface area contributed by atoms with E-state index in [0.29, 0.717) is 23.0 Å². The molecule has 1 aromatic heterocycles. The van der Waals surface area contributed by atoms with Crippen molar-refractivity contribution < 1.29 is 9.32 Å². The van der Waals surface area contributed by atoms with Gasteiger partial charge in [-0.2, -0.15) is 10.2 Å². The van der Waals surface area contributed by atoms with E-state index in [-0.39, 0.29) is 5.92 Å². The Morgan fingerprint density at radius 2 is 2.09 bits per heavy atom. The number of hydrogen-bond donors (Lipinski definition) is 2. The van der Waals surface area contributed by atoms with Crippen molar-refractivity contribution in [1.29, 1.82) is 5.26 Å². The first-order chi connectivity index (χ1) is 10.9. The van der Waals surface area contributed by atoms with E-state index in [4.69, 9.17) is 9.78 Å². The molecule has 1 aromatic carbocycles. The number of urea groups is 1. The van der Waals surface area contributed by atoms with Gasteiger partial charge in [-0.1, -0.05) is 25.1 Å². The summed E-state index contributed by atoms with van der Waals surface area (Å²) in [7, 11) is 0. The summed E-state index contributed by atoms with van der Waals surface area (Å²) in [6.07, 6.45) is 0. The highest BCUT2D eigenvalue weighted by molar-refractivity contribution is 5.89. The van der Waals surface area contributed by atoms with Crippen LogP contribution >= 0.6 is 0 Å². The molecule has 23 heavy (non-hydrogen) atoms. The highest BCUT2D eigenvalue weighted by Crippen LogP contribution is 2.16. The Morgan fingerprint density at radius 1 is 1.35 bits per heavy atom. The second-order valence-electron chi connectivity index (χ2n) is 5.61. The van der Waals surface area contributed by atoms with Crippen molar-refractivity contribution in [2.75, 3.05) is 5.32 Å². The molecule has 0 radical (unpaired) electrons. The average molecular weight is 313 g/mol. The Balaban J connectivity index is 2.00. The van der Waals surface area contributed by atoms with Crippen LogP contribution in [-0.4, -0.2) is 16.2 Å². The molecule has 0 aliphatic carbocycles. The highest BCUT2D eigenvalue weighted by Gasteiger charge is 2.18. The predicted octanol–water partition coefficient (Wildman–Crippen LogP) is 3.26. The number of amides is 2. The molecule has 7 heteroatoms. The molecule has 1 atom stereocenters. The lowest BCUT2D eigenvalue weighted by atomic mass is 10.1. The van der Waals surface area contributed by atoms with Crippen LogP contribution in [0.1, 0.15) is 55.6 Å². The fourth-order valence-electron chi connectivity index (χ4n) is 1.90. The normalized spacial score (nSPS) is 11.8. The molecule has 0 aliphatic heterocycles. The van der Waals surface area contributed by atoms with Gasteiger partial charge in [0.05, 0.1) is 11.6 Å². The zero-order chi connectivity index (χ0) is 17.0. The van der Waals surface area contributed by atoms with Gasteiger partial charge in [-0.25, -0.2) is 4.79 Å². The minimum absolute atomic E-state index is 0.158. The molecular formula is C16H19N5O2. The lowest BCUT2D eigenvalue weighted by Gasteiger charge is -2.11. The first kappa shape index (κ1) is 16.5. The van der Waals surface area contributed by atoms with Crippen molar-refractivity contribution >= 4 is 11.7 Å². The molecule has 0 spiro atoms. The fraction of sp³-hybridized carbons (Fsp3) is 0.375. The minimum Gasteiger partial charge on any atom is -0.337 e. The van der Waals surface area contributed by atoms with Crippen molar-refractivity contribution in [3.63, 3.8) is 0 Å². The Hall–Kier alpha value is -2.88. The van der Waals surface area contributed by atoms with Gasteiger partial charge in [0.1, 0.15) is 6.04 Å². The number of aryl methyl sites for hydroxylation is 1. The Bertz CT molecular complexity index is 745. The van der Waals surface area contributed by atoms with E-state index >= 15 is 0 Å². The van der Waals surface area contributed by atoms with E-state index in [9.17, 15) is 4.79 Å². The van der Waals surface area contributed by atoms with Crippen LogP contribution < -0.4 is 10.6 Å². The molecule has 0 saturated heterocycles. The summed E-state index contributed by atoms with van der Waals surface area (Å²) in [4.78, 5) is 16.3. The number of hydrogen-bond acceptors (Lipinski definition) is 5. The van der Waals surface area contributed by atoms with Crippen LogP contribution in [0.25, 0.3) is 0 Å². The smallest absolute Gasteiger partial charge is 0.319 e. The number of anilines is 1. The first-order valence-corrected chi connectivity index (χ1v) is 7.32. The summed E-state index contributed by atoms with van der Waals surface area (Å²) < 4.78 is 5.14. The fourth-order valence-corrected chi connectivity index (χ4v) is 1.90. The predicted molar refractivity (Wildman–Crippen MR) is 84.9 cm³/mol. The molecule has 2 N–H and O–H groups in total. The van der Waals surface area contributed by atoms with Gasteiger partial charge in [-0.3, -0.25) is 0 Å². The minimum atomic E-state index is -0.420. The number of nitriles is 1. The van der Waals surface area contributed by atoms with E-state index in [1.807, 2.05) is 20.8 Å². The highest BCUT2D eigenvalue weighted by atomic mass is 16.5. The van der Waals surface area contributed by atoms with Gasteiger partial charge in [0.2, 0.25) is 5.89 Å². The van der Waals surface area contributed by atoms with E-state index in [2.05, 4.69) is 26.8 Å². The standard InChI is InChI=1S/C16H19N5O2/c1-9(2)14-20-15(23-21-14)11(4)18-16(22)19-13-6-5-10(3)12(7-13)8-17/h5-7,9,11H,1-4H3,(H2,18,19,22)/t11-/m1/s1. The summed E-state index contributed by atoms with van der Waals surface area (Å²) in [6, 6.07) is 6.41. The maximum absolute atomic E-state index is 12.0. The Kier molecular flexibility index (Phi) is 4.96. The maximum atomic E-state index is 12.0. The van der Waals surface area contributed by atoms with Gasteiger partial charge in [0.25, 0.3) is 0 Å². The molecular weight excluding hydrogens is 294 g/mol. The molecule has 0 aliphatic rings. The number of aromatic nitrogens is 2. The zero-order valence-electron chi connectivity index (χ0n) is 13.5. The first-order valence-electron chi connectivity index (χ1n) is 7.32. The largest absolute Gasteiger partial charge is 0.337 e. The molecule has 120 valence electrons. The maximum Gasteiger partial charge on any atom is 0.319 e. The summed E-state index contributed by atoms with van der Waals surface area (Å²) >= 11 is 0. The summed E-state index contributed by atoms with van der Waals surface area (Å²) in [5, 5.41) is 18.3. The van der Waals surface area contributed by atoms with Crippen LogP contribution in [0.5, 0.6) is 0 Å². The quantitative estimate of drug-likeness (QED) is 0.901. The number of carbonyl (C=O) groups is 1. The van der Waals surface area contributed by atoms with Gasteiger partial charge >= 0.3 is 6.03 Å². The van der Waals surface area contributed by atoms with Crippen LogP contribution in [0.4, 0.5) is 10.5 Å². The number of benzene rings is 1. The van der Waals surface area contributed by atoms with Crippen LogP contribution in [0, 0.1) is 18.3 Å². The van der Waals surface area contributed by atoms with Crippen LogP contribution in [0.3, 0.4) is 0 Å². The van der Waals surface area contributed by atoms with Crippen molar-refractivity contribution in [3.05, 3.63) is 41.0 Å². The molecule has 0 bridgehead atoms. The molecule has 2 aromatic rings. The van der Waals surface area contributed by atoms with Crippen molar-refractivity contribution in [3.8, 4) is 6.07 Å². The summed E-state index contributed by atoms with van der Waals surface area (Å²) in [6.45, 7) is 7.52. The van der Waals surface area contributed by atoms with E-state index in [0.717, 1.165) is 5.56 Å². The van der Waals surface area contributed by atoms with E-state index in [1.54, 1.807) is 25.1 Å². The molecule has 0 saturated carbocycles. The lowest BCUT2D eigenvalue weighted by Crippen LogP contribution is -2.31. The molecule has 1 heterocycles. The number of nitrogens with zero attached hydrogens (tertiary/aromatic N) is 3. The monoisotopic (exact) mass is 313 g/mol. The third-order valence-corrected chi connectivity index (χ3v) is 3.31. The van der Waals surface area contributed by atoms with E-state index < -0.39 is 12.1 Å². The van der Waals surface area contributed by atoms with Crippen molar-refractivity contribution in [1.82, 2.24) is 15.5 Å². The number of carbonyl (C=O) groups excluding carboxylic acids is 1. The van der Waals surface area contributed by atoms with Gasteiger partial charge in [0.15, 0.2) is 5.82 Å². The van der Waals surface area contributed by atoms with Crippen molar-refractivity contribution in [2.45, 2.75) is 39.7 Å². The molecule has 0 unspecified atom stereocenters. The molecule has 7 nitrogen and oxygen atoms in total. The van der Waals surface area contributed by atoms with E-state index in [1.165, 1.54) is 0 Å². The number of rotatable bonds is 4. The number of nitrogens with one attached hydrogen (secondary N) is 2. The van der Waals surface area contributed by atoms with Gasteiger partial charge in [0, 0.05) is 11.6 Å². The van der Waals surface area contributed by atoms with Crippen LogP contribution in [0.2, 0.25) is 0 Å². The van der Waals surface area contributed by atoms with Crippen molar-refractivity contribution in [2.24, 2.45) is 0 Å². The molecule has 0 fully saturated rings. The van der Waals surface area contributed by atoms with Gasteiger partial charge < -0.3 is 15.2 Å². The van der Waals surface area contributed by atoms with Gasteiger partial charge in [-0.15, -0.1) is 0 Å². The summed E-state index contributed by atoms with van der Waals surface area (Å²) in [5.74, 6) is 1.11. The second-order valence-corrected chi connectivity index (χ2v) is 5.61. The average Bonchev–Trinajstić information content (AvgIpc) is 2.99. The third kappa shape index (κ3) is 4.07. The molecule has 2 amide bonds.